The molecule has 1 saturated heterocycles. The number of nitrogens with zero attached hydrogens (tertiary/aromatic N) is 4. The van der Waals surface area contributed by atoms with Crippen LogP contribution in [0.4, 0.5) is 5.95 Å². The second-order valence-corrected chi connectivity index (χ2v) is 12.3. The van der Waals surface area contributed by atoms with Gasteiger partial charge in [-0.05, 0) is 37.3 Å². The summed E-state index contributed by atoms with van der Waals surface area (Å²) in [6, 6.07) is 5.78. The van der Waals surface area contributed by atoms with Crippen LogP contribution in [0.2, 0.25) is 0 Å². The highest BCUT2D eigenvalue weighted by atomic mass is 31.2. The SMILES string of the molecule is CCC(=O)Nc1nc2c(ncn2[C@@H]2O[C@H](COP(=O)(O)OCc3cc(=O)oc4cc(OC)ccc34)[C@@H](O)[C@H]2O)c(=O)[nH]1.CCN(CC)CC. The van der Waals surface area contributed by atoms with E-state index in [2.05, 4.69) is 45.9 Å². The number of carbonyl (C=O) groups excluding carboxylic acids is 1. The molecule has 49 heavy (non-hydrogen) atoms. The highest BCUT2D eigenvalue weighted by molar-refractivity contribution is 7.47. The average molecular weight is 709 g/mol. The minimum absolute atomic E-state index is 0.0590. The molecular weight excluding hydrogens is 667 g/mol. The first-order valence-corrected chi connectivity index (χ1v) is 17.1. The van der Waals surface area contributed by atoms with Gasteiger partial charge in [-0.15, -0.1) is 0 Å². The number of H-pyrrole nitrogens is 1. The molecule has 5 rings (SSSR count). The quantitative estimate of drug-likeness (QED) is 0.0984. The number of aromatic nitrogens is 4. The number of anilines is 1. The maximum absolute atomic E-state index is 12.6. The summed E-state index contributed by atoms with van der Waals surface area (Å²) in [5, 5.41) is 24.1. The molecule has 0 saturated carbocycles. The summed E-state index contributed by atoms with van der Waals surface area (Å²) in [5.74, 6) is -0.130. The topological polar surface area (TPSA) is 241 Å². The molecule has 1 fully saturated rings. The Labute approximate surface area is 280 Å². The molecule has 0 spiro atoms. The molecule has 18 nitrogen and oxygen atoms in total. The van der Waals surface area contributed by atoms with E-state index in [9.17, 15) is 34.1 Å². The van der Waals surface area contributed by atoms with Crippen LogP contribution < -0.4 is 21.2 Å². The summed E-state index contributed by atoms with van der Waals surface area (Å²) in [7, 11) is -3.32. The highest BCUT2D eigenvalue weighted by Gasteiger charge is 2.45. The summed E-state index contributed by atoms with van der Waals surface area (Å²) in [4.78, 5) is 59.2. The normalized spacial score (nSPS) is 20.3. The molecule has 268 valence electrons. The predicted molar refractivity (Wildman–Crippen MR) is 176 cm³/mol. The Kier molecular flexibility index (Phi) is 12.8. The zero-order valence-corrected chi connectivity index (χ0v) is 28.6. The first kappa shape index (κ1) is 37.8. The molecule has 1 unspecified atom stereocenters. The van der Waals surface area contributed by atoms with Gasteiger partial charge in [0.25, 0.3) is 5.56 Å². The van der Waals surface area contributed by atoms with Crippen molar-refractivity contribution >= 4 is 41.8 Å². The lowest BCUT2D eigenvalue weighted by atomic mass is 10.1. The Morgan fingerprint density at radius 2 is 1.82 bits per heavy atom. The van der Waals surface area contributed by atoms with Gasteiger partial charge in [-0.2, -0.15) is 4.98 Å². The van der Waals surface area contributed by atoms with Crippen molar-refractivity contribution in [3.8, 4) is 5.75 Å². The van der Waals surface area contributed by atoms with Crippen LogP contribution >= 0.6 is 7.82 Å². The summed E-state index contributed by atoms with van der Waals surface area (Å²) in [6.07, 6.45) is -4.54. The standard InChI is InChI=1S/C24H26N5O12P.C6H15N/c1-3-16(30)26-24-27-21-18(22(34)28-24)25-10-29(21)23-20(33)19(32)15(41-23)9-39-42(35,36)38-8-11-6-17(31)40-14-7-12(37-2)4-5-13(11)14;1-4-7(5-2)6-3/h4-7,10,15,19-20,23,32-33H,3,8-9H2,1-2H3,(H,35,36)(H2,26,27,28,30,34);4-6H2,1-3H3/t15-,19-,20-,23-;/m1./s1. The number of phosphoric acid groups is 1. The zero-order chi connectivity index (χ0) is 35.9. The van der Waals surface area contributed by atoms with E-state index in [0.29, 0.717) is 11.1 Å². The van der Waals surface area contributed by atoms with E-state index < -0.39 is 62.7 Å². The third-order valence-corrected chi connectivity index (χ3v) is 8.72. The second kappa shape index (κ2) is 16.6. The lowest BCUT2D eigenvalue weighted by molar-refractivity contribution is -0.115. The third-order valence-electron chi connectivity index (χ3n) is 7.79. The smallest absolute Gasteiger partial charge is 0.472 e. The number of aliphatic hydroxyl groups is 2. The highest BCUT2D eigenvalue weighted by Crippen LogP contribution is 2.45. The fraction of sp³-hybridized carbons (Fsp3) is 0.500. The molecule has 0 aliphatic carbocycles. The van der Waals surface area contributed by atoms with Crippen LogP contribution in [-0.4, -0.2) is 97.1 Å². The number of ether oxygens (including phenoxy) is 2. The number of methoxy groups -OCH3 is 1. The maximum Gasteiger partial charge on any atom is 0.472 e. The van der Waals surface area contributed by atoms with Crippen molar-refractivity contribution < 1.29 is 47.4 Å². The molecule has 5 atom stereocenters. The number of amides is 1. The number of nitrogens with one attached hydrogen (secondary N) is 2. The van der Waals surface area contributed by atoms with Gasteiger partial charge in [0, 0.05) is 23.9 Å². The molecule has 1 aromatic carbocycles. The monoisotopic (exact) mass is 708 g/mol. The fourth-order valence-corrected chi connectivity index (χ4v) is 5.68. The van der Waals surface area contributed by atoms with Crippen LogP contribution in [0.25, 0.3) is 22.1 Å². The summed E-state index contributed by atoms with van der Waals surface area (Å²) in [5.41, 5.74) is -1.13. The van der Waals surface area contributed by atoms with Gasteiger partial charge in [-0.3, -0.25) is 33.5 Å². The number of aliphatic hydroxyl groups excluding tert-OH is 2. The minimum atomic E-state index is -4.76. The molecule has 0 radical (unpaired) electrons. The predicted octanol–water partition coefficient (Wildman–Crippen LogP) is 1.88. The van der Waals surface area contributed by atoms with Gasteiger partial charge in [-0.25, -0.2) is 14.3 Å². The second-order valence-electron chi connectivity index (χ2n) is 10.8. The first-order valence-electron chi connectivity index (χ1n) is 15.6. The van der Waals surface area contributed by atoms with E-state index >= 15 is 0 Å². The Morgan fingerprint density at radius 1 is 1.10 bits per heavy atom. The Balaban J connectivity index is 0.000000698. The van der Waals surface area contributed by atoms with Gasteiger partial charge < -0.3 is 33.9 Å². The summed E-state index contributed by atoms with van der Waals surface area (Å²) >= 11 is 0. The van der Waals surface area contributed by atoms with Crippen LogP contribution in [0, 0.1) is 0 Å². The molecule has 1 aliphatic rings. The van der Waals surface area contributed by atoms with Crippen LogP contribution in [0.3, 0.4) is 0 Å². The largest absolute Gasteiger partial charge is 0.497 e. The van der Waals surface area contributed by atoms with Crippen molar-refractivity contribution in [1.82, 2.24) is 24.4 Å². The van der Waals surface area contributed by atoms with Gasteiger partial charge in [-0.1, -0.05) is 27.7 Å². The fourth-order valence-electron chi connectivity index (χ4n) is 4.97. The van der Waals surface area contributed by atoms with E-state index in [1.54, 1.807) is 19.1 Å². The zero-order valence-electron chi connectivity index (χ0n) is 27.7. The van der Waals surface area contributed by atoms with Gasteiger partial charge in [0.15, 0.2) is 17.4 Å². The third kappa shape index (κ3) is 9.17. The van der Waals surface area contributed by atoms with Crippen LogP contribution in [-0.2, 0) is 29.8 Å². The van der Waals surface area contributed by atoms with Gasteiger partial charge in [0.1, 0.15) is 29.6 Å². The number of phosphoric ester groups is 1. The average Bonchev–Trinajstić information content (AvgIpc) is 3.63. The van der Waals surface area contributed by atoms with Crippen LogP contribution in [0.5, 0.6) is 5.75 Å². The lowest BCUT2D eigenvalue weighted by Gasteiger charge is -2.18. The summed E-state index contributed by atoms with van der Waals surface area (Å²) < 4.78 is 39.8. The van der Waals surface area contributed by atoms with Crippen molar-refractivity contribution in [3.05, 3.63) is 56.9 Å². The van der Waals surface area contributed by atoms with Gasteiger partial charge >= 0.3 is 13.4 Å². The van der Waals surface area contributed by atoms with Crippen molar-refractivity contribution in [2.45, 2.75) is 65.3 Å². The van der Waals surface area contributed by atoms with E-state index in [1.807, 2.05) is 0 Å². The molecule has 19 heteroatoms. The number of hydrogen-bond acceptors (Lipinski definition) is 14. The van der Waals surface area contributed by atoms with Crippen molar-refractivity contribution in [2.75, 3.05) is 38.7 Å². The maximum atomic E-state index is 12.6. The Bertz CT molecular complexity index is 1900. The van der Waals surface area contributed by atoms with Crippen LogP contribution in [0.1, 0.15) is 45.9 Å². The van der Waals surface area contributed by atoms with E-state index in [-0.39, 0.29) is 34.7 Å². The van der Waals surface area contributed by atoms with Crippen molar-refractivity contribution in [3.63, 3.8) is 0 Å². The number of carbonyl (C=O) groups is 1. The van der Waals surface area contributed by atoms with Crippen molar-refractivity contribution in [1.29, 1.82) is 0 Å². The van der Waals surface area contributed by atoms with E-state index in [1.165, 1.54) is 37.4 Å². The lowest BCUT2D eigenvalue weighted by Crippen LogP contribution is -2.33. The summed E-state index contributed by atoms with van der Waals surface area (Å²) in [6.45, 7) is 10.5. The van der Waals surface area contributed by atoms with E-state index in [4.69, 9.17) is 22.9 Å². The number of benzene rings is 1. The molecule has 1 aliphatic heterocycles. The molecule has 1 amide bonds. The number of hydrogen-bond donors (Lipinski definition) is 5. The molecule has 5 N–H and O–H groups in total. The molecule has 3 aromatic heterocycles. The van der Waals surface area contributed by atoms with Crippen LogP contribution in [0.15, 0.2) is 44.6 Å². The van der Waals surface area contributed by atoms with E-state index in [0.717, 1.165) is 12.4 Å². The Morgan fingerprint density at radius 3 is 2.45 bits per heavy atom. The Hall–Kier alpha value is -4.00. The molecule has 4 aromatic rings. The number of imidazole rings is 1. The minimum Gasteiger partial charge on any atom is -0.497 e. The first-order chi connectivity index (χ1) is 23.3. The number of rotatable bonds is 13. The molecule has 0 bridgehead atoms. The number of aromatic amines is 1. The molecule has 4 heterocycles. The van der Waals surface area contributed by atoms with Gasteiger partial charge in [0.05, 0.1) is 26.7 Å². The van der Waals surface area contributed by atoms with Gasteiger partial charge in [0.2, 0.25) is 11.9 Å². The van der Waals surface area contributed by atoms with Crippen molar-refractivity contribution in [2.24, 2.45) is 0 Å². The number of fused-ring (bicyclic) bond motifs is 2. The molecular formula is C30H41N6O12P.